The van der Waals surface area contributed by atoms with E-state index in [0.717, 1.165) is 0 Å². The molecule has 0 fully saturated rings. The van der Waals surface area contributed by atoms with Crippen molar-refractivity contribution in [2.75, 3.05) is 31.6 Å². The molecule has 0 saturated heterocycles. The van der Waals surface area contributed by atoms with Crippen molar-refractivity contribution in [3.8, 4) is 0 Å². The molecule has 1 rings (SSSR count). The lowest BCUT2D eigenvalue weighted by Crippen LogP contribution is -2.40. The molecule has 1 heterocycles. The van der Waals surface area contributed by atoms with Crippen LogP contribution in [0.4, 0.5) is 0 Å². The molecule has 0 saturated carbocycles. The number of aliphatic imine (C=N–C) groups is 1. The van der Waals surface area contributed by atoms with Crippen LogP contribution in [0.15, 0.2) is 27.8 Å². The van der Waals surface area contributed by atoms with Gasteiger partial charge in [-0.15, -0.1) is 0 Å². The number of sulfone groups is 1. The minimum Gasteiger partial charge on any atom is -0.466 e. The van der Waals surface area contributed by atoms with Crippen LogP contribution in [0.2, 0.25) is 0 Å². The van der Waals surface area contributed by atoms with Crippen molar-refractivity contribution in [1.82, 2.24) is 10.6 Å². The molecule has 0 amide bonds. The Kier molecular flexibility index (Phi) is 6.22. The number of nitrogens with zero attached hydrogens (tertiary/aromatic N) is 1. The molecular formula is C13H23N3O4S. The third kappa shape index (κ3) is 6.63. The first kappa shape index (κ1) is 17.5. The summed E-state index contributed by atoms with van der Waals surface area (Å²) < 4.78 is 27.4. The highest BCUT2D eigenvalue weighted by atomic mass is 32.2. The number of hydrogen-bond acceptors (Lipinski definition) is 5. The van der Waals surface area contributed by atoms with Gasteiger partial charge in [0.2, 0.25) is 0 Å². The zero-order chi connectivity index (χ0) is 15.9. The fourth-order valence-corrected chi connectivity index (χ4v) is 2.07. The van der Waals surface area contributed by atoms with Gasteiger partial charge in [0.25, 0.3) is 0 Å². The Morgan fingerprint density at radius 3 is 2.71 bits per heavy atom. The number of guanidine groups is 1. The van der Waals surface area contributed by atoms with E-state index in [1.807, 2.05) is 6.92 Å². The number of nitrogens with one attached hydrogen (secondary N) is 2. The summed E-state index contributed by atoms with van der Waals surface area (Å²) in [6.45, 7) is 4.49. The van der Waals surface area contributed by atoms with Gasteiger partial charge in [-0.3, -0.25) is 0 Å². The van der Waals surface area contributed by atoms with E-state index in [-0.39, 0.29) is 18.8 Å². The van der Waals surface area contributed by atoms with Gasteiger partial charge in [-0.05, 0) is 26.0 Å². The molecule has 1 aromatic rings. The van der Waals surface area contributed by atoms with Crippen LogP contribution in [-0.4, -0.2) is 51.1 Å². The normalized spacial score (nSPS) is 15.5. The van der Waals surface area contributed by atoms with Crippen molar-refractivity contribution in [3.63, 3.8) is 0 Å². The molecule has 1 aromatic heterocycles. The second-order valence-corrected chi connectivity index (χ2v) is 7.26. The summed E-state index contributed by atoms with van der Waals surface area (Å²) in [6, 6.07) is 3.38. The molecule has 7 nitrogen and oxygen atoms in total. The largest absolute Gasteiger partial charge is 0.466 e. The third-order valence-electron chi connectivity index (χ3n) is 2.71. The molecule has 0 aliphatic heterocycles. The number of aliphatic hydroxyl groups is 1. The lowest BCUT2D eigenvalue weighted by Gasteiger charge is -2.19. The lowest BCUT2D eigenvalue weighted by atomic mass is 10.0. The number of furan rings is 1. The smallest absolute Gasteiger partial charge is 0.191 e. The molecule has 1 unspecified atom stereocenters. The Morgan fingerprint density at radius 1 is 1.48 bits per heavy atom. The standard InChI is InChI=1S/C13H23N3O4S/c1-4-14-12(15-7-9-21(3,18)19)16-10-13(2,17)11-6-5-8-20-11/h5-6,8,17H,4,7,9-10H2,1-3H3,(H2,14,15,16). The summed E-state index contributed by atoms with van der Waals surface area (Å²) in [5, 5.41) is 16.2. The average molecular weight is 317 g/mol. The van der Waals surface area contributed by atoms with Crippen molar-refractivity contribution in [3.05, 3.63) is 24.2 Å². The molecule has 120 valence electrons. The van der Waals surface area contributed by atoms with Gasteiger partial charge in [0.1, 0.15) is 21.2 Å². The summed E-state index contributed by atoms with van der Waals surface area (Å²) in [7, 11) is -3.02. The zero-order valence-electron chi connectivity index (χ0n) is 12.6. The van der Waals surface area contributed by atoms with Crippen LogP contribution >= 0.6 is 0 Å². The van der Waals surface area contributed by atoms with Crippen molar-refractivity contribution in [2.24, 2.45) is 4.99 Å². The minimum atomic E-state index is -3.02. The maximum atomic E-state index is 11.1. The molecular weight excluding hydrogens is 294 g/mol. The highest BCUT2D eigenvalue weighted by molar-refractivity contribution is 7.90. The highest BCUT2D eigenvalue weighted by Crippen LogP contribution is 2.20. The first-order valence-electron chi connectivity index (χ1n) is 6.71. The van der Waals surface area contributed by atoms with E-state index in [9.17, 15) is 13.5 Å². The van der Waals surface area contributed by atoms with E-state index in [1.165, 1.54) is 12.5 Å². The zero-order valence-corrected chi connectivity index (χ0v) is 13.4. The van der Waals surface area contributed by atoms with Crippen molar-refractivity contribution in [2.45, 2.75) is 19.4 Å². The Bertz CT molecular complexity index is 550. The maximum Gasteiger partial charge on any atom is 0.191 e. The fraction of sp³-hybridized carbons (Fsp3) is 0.615. The van der Waals surface area contributed by atoms with Gasteiger partial charge in [-0.2, -0.15) is 0 Å². The van der Waals surface area contributed by atoms with E-state index >= 15 is 0 Å². The third-order valence-corrected chi connectivity index (χ3v) is 3.65. The van der Waals surface area contributed by atoms with Crippen LogP contribution in [0, 0.1) is 0 Å². The van der Waals surface area contributed by atoms with E-state index in [2.05, 4.69) is 15.6 Å². The molecule has 0 aromatic carbocycles. The van der Waals surface area contributed by atoms with Gasteiger partial charge in [0.05, 0.1) is 18.6 Å². The molecule has 0 spiro atoms. The first-order chi connectivity index (χ1) is 9.74. The van der Waals surface area contributed by atoms with Gasteiger partial charge >= 0.3 is 0 Å². The summed E-state index contributed by atoms with van der Waals surface area (Å²) >= 11 is 0. The van der Waals surface area contributed by atoms with Gasteiger partial charge < -0.3 is 20.2 Å². The number of hydrogen-bond donors (Lipinski definition) is 3. The van der Waals surface area contributed by atoms with Gasteiger partial charge in [0.15, 0.2) is 5.96 Å². The van der Waals surface area contributed by atoms with Crippen LogP contribution in [0.25, 0.3) is 0 Å². The second kappa shape index (κ2) is 7.46. The van der Waals surface area contributed by atoms with E-state index in [0.29, 0.717) is 18.3 Å². The predicted molar refractivity (Wildman–Crippen MR) is 82.0 cm³/mol. The van der Waals surface area contributed by atoms with E-state index in [1.54, 1.807) is 19.1 Å². The van der Waals surface area contributed by atoms with Gasteiger partial charge in [-0.25, -0.2) is 13.4 Å². The molecule has 8 heteroatoms. The van der Waals surface area contributed by atoms with Crippen molar-refractivity contribution >= 4 is 15.8 Å². The molecule has 0 aliphatic carbocycles. The van der Waals surface area contributed by atoms with Crippen molar-refractivity contribution in [1.29, 1.82) is 0 Å². The van der Waals surface area contributed by atoms with Crippen molar-refractivity contribution < 1.29 is 17.9 Å². The Balaban J connectivity index is 2.63. The monoisotopic (exact) mass is 317 g/mol. The lowest BCUT2D eigenvalue weighted by molar-refractivity contribution is 0.0437. The average Bonchev–Trinajstić information content (AvgIpc) is 2.89. The summed E-state index contributed by atoms with van der Waals surface area (Å²) in [5.41, 5.74) is -1.22. The fourth-order valence-electron chi connectivity index (χ4n) is 1.59. The summed E-state index contributed by atoms with van der Waals surface area (Å²) in [5.74, 6) is 0.901. The molecule has 0 aliphatic rings. The minimum absolute atomic E-state index is 0.0198. The first-order valence-corrected chi connectivity index (χ1v) is 8.77. The van der Waals surface area contributed by atoms with Crippen LogP contribution in [-0.2, 0) is 15.4 Å². The van der Waals surface area contributed by atoms with Crippen LogP contribution < -0.4 is 10.6 Å². The molecule has 21 heavy (non-hydrogen) atoms. The Labute approximate surface area is 125 Å². The SMILES string of the molecule is CCNC(=NCC(C)(O)c1ccco1)NCCS(C)(=O)=O. The number of rotatable bonds is 7. The van der Waals surface area contributed by atoms with Crippen LogP contribution in [0.5, 0.6) is 0 Å². The van der Waals surface area contributed by atoms with E-state index in [4.69, 9.17) is 4.42 Å². The van der Waals surface area contributed by atoms with Gasteiger partial charge in [-0.1, -0.05) is 0 Å². The highest BCUT2D eigenvalue weighted by Gasteiger charge is 2.26. The molecule has 3 N–H and O–H groups in total. The Morgan fingerprint density at radius 2 is 2.19 bits per heavy atom. The van der Waals surface area contributed by atoms with Crippen LogP contribution in [0.1, 0.15) is 19.6 Å². The summed E-state index contributed by atoms with van der Waals surface area (Å²) in [6.07, 6.45) is 2.67. The maximum absolute atomic E-state index is 11.1. The predicted octanol–water partition coefficient (Wildman–Crippen LogP) is 0.0868. The molecule has 1 atom stereocenters. The second-order valence-electron chi connectivity index (χ2n) is 5.00. The molecule has 0 radical (unpaired) electrons. The summed E-state index contributed by atoms with van der Waals surface area (Å²) in [4.78, 5) is 4.25. The quantitative estimate of drug-likeness (QED) is 0.486. The topological polar surface area (TPSA) is 104 Å². The van der Waals surface area contributed by atoms with Gasteiger partial charge in [0, 0.05) is 19.3 Å². The molecule has 0 bridgehead atoms. The van der Waals surface area contributed by atoms with Crippen LogP contribution in [0.3, 0.4) is 0 Å². The Hall–Kier alpha value is -1.54. The van der Waals surface area contributed by atoms with E-state index < -0.39 is 15.4 Å².